The minimum absolute atomic E-state index is 0.0802. The number of thioether (sulfide) groups is 1. The normalized spacial score (nSPS) is 12.8. The summed E-state index contributed by atoms with van der Waals surface area (Å²) in [5, 5.41) is 28.4. The molecule has 0 spiro atoms. The molecule has 1 aliphatic rings. The molecule has 0 aromatic heterocycles. The second-order valence-corrected chi connectivity index (χ2v) is 8.29. The third kappa shape index (κ3) is 6.65. The Morgan fingerprint density at radius 2 is 1.70 bits per heavy atom. The SMILES string of the molecule is CSc1cc(N)c([N+](=O)[O-])cc1NCCN1C=CN(CCCNc2ccc([N+](=O)[O-])cc2)C1. The van der Waals surface area contributed by atoms with Crippen LogP contribution in [-0.4, -0.2) is 58.7 Å². The van der Waals surface area contributed by atoms with Crippen LogP contribution in [0.4, 0.5) is 28.4 Å². The van der Waals surface area contributed by atoms with Gasteiger partial charge in [-0.25, -0.2) is 0 Å². The summed E-state index contributed by atoms with van der Waals surface area (Å²) >= 11 is 1.49. The van der Waals surface area contributed by atoms with Crippen molar-refractivity contribution in [1.29, 1.82) is 0 Å². The van der Waals surface area contributed by atoms with Crippen LogP contribution in [0.1, 0.15) is 6.42 Å². The van der Waals surface area contributed by atoms with E-state index in [1.54, 1.807) is 18.2 Å². The van der Waals surface area contributed by atoms with Crippen LogP contribution in [0.25, 0.3) is 0 Å². The van der Waals surface area contributed by atoms with Gasteiger partial charge in [-0.3, -0.25) is 20.2 Å². The second kappa shape index (κ2) is 11.3. The van der Waals surface area contributed by atoms with E-state index in [4.69, 9.17) is 5.73 Å². The number of hydrogen-bond donors (Lipinski definition) is 3. The summed E-state index contributed by atoms with van der Waals surface area (Å²) in [5.74, 6) is 0. The fourth-order valence-electron chi connectivity index (χ4n) is 3.41. The van der Waals surface area contributed by atoms with Gasteiger partial charge in [-0.1, -0.05) is 0 Å². The van der Waals surface area contributed by atoms with Gasteiger partial charge in [0.05, 0.1) is 22.2 Å². The molecule has 0 radical (unpaired) electrons. The largest absolute Gasteiger partial charge is 0.393 e. The van der Waals surface area contributed by atoms with Crippen molar-refractivity contribution >= 4 is 40.2 Å². The molecule has 33 heavy (non-hydrogen) atoms. The van der Waals surface area contributed by atoms with E-state index >= 15 is 0 Å². The quantitative estimate of drug-likeness (QED) is 0.137. The monoisotopic (exact) mass is 473 g/mol. The zero-order valence-corrected chi connectivity index (χ0v) is 19.1. The summed E-state index contributed by atoms with van der Waals surface area (Å²) in [6.45, 7) is 3.79. The van der Waals surface area contributed by atoms with Crippen LogP contribution in [0.5, 0.6) is 0 Å². The van der Waals surface area contributed by atoms with Gasteiger partial charge in [0.1, 0.15) is 5.69 Å². The van der Waals surface area contributed by atoms with E-state index in [1.807, 2.05) is 18.7 Å². The van der Waals surface area contributed by atoms with Crippen molar-refractivity contribution in [2.75, 3.05) is 55.5 Å². The minimum atomic E-state index is -0.470. The number of hydrogen-bond acceptors (Lipinski definition) is 10. The summed E-state index contributed by atoms with van der Waals surface area (Å²) < 4.78 is 0. The molecule has 1 aliphatic heterocycles. The van der Waals surface area contributed by atoms with Gasteiger partial charge in [-0.15, -0.1) is 11.8 Å². The van der Waals surface area contributed by atoms with Crippen molar-refractivity contribution in [2.24, 2.45) is 0 Å². The first-order valence-corrected chi connectivity index (χ1v) is 11.6. The number of nitrogens with one attached hydrogen (secondary N) is 2. The maximum Gasteiger partial charge on any atom is 0.294 e. The molecule has 0 unspecified atom stereocenters. The number of non-ortho nitro benzene ring substituents is 1. The smallest absolute Gasteiger partial charge is 0.294 e. The molecule has 0 aliphatic carbocycles. The van der Waals surface area contributed by atoms with Gasteiger partial charge in [-0.2, -0.15) is 0 Å². The lowest BCUT2D eigenvalue weighted by Gasteiger charge is -2.22. The lowest BCUT2D eigenvalue weighted by Crippen LogP contribution is -2.30. The third-order valence-corrected chi connectivity index (χ3v) is 5.92. The minimum Gasteiger partial charge on any atom is -0.393 e. The Morgan fingerprint density at radius 1 is 1.00 bits per heavy atom. The molecule has 0 saturated heterocycles. The third-order valence-electron chi connectivity index (χ3n) is 5.14. The van der Waals surface area contributed by atoms with Crippen LogP contribution in [-0.2, 0) is 0 Å². The highest BCUT2D eigenvalue weighted by atomic mass is 32.2. The predicted molar refractivity (Wildman–Crippen MR) is 131 cm³/mol. The molecule has 0 saturated carbocycles. The highest BCUT2D eigenvalue weighted by Crippen LogP contribution is 2.34. The Bertz CT molecular complexity index is 1020. The van der Waals surface area contributed by atoms with Gasteiger partial charge in [-0.05, 0) is 30.9 Å². The average molecular weight is 474 g/mol. The molecule has 12 heteroatoms. The molecule has 3 rings (SSSR count). The van der Waals surface area contributed by atoms with Crippen molar-refractivity contribution in [3.8, 4) is 0 Å². The van der Waals surface area contributed by atoms with Crippen LogP contribution in [0.15, 0.2) is 53.7 Å². The Kier molecular flexibility index (Phi) is 8.19. The number of nitro groups is 2. The van der Waals surface area contributed by atoms with E-state index in [1.165, 1.54) is 30.0 Å². The molecule has 11 nitrogen and oxygen atoms in total. The van der Waals surface area contributed by atoms with Crippen molar-refractivity contribution in [3.05, 3.63) is 69.0 Å². The van der Waals surface area contributed by atoms with Crippen molar-refractivity contribution in [2.45, 2.75) is 11.3 Å². The molecule has 0 bridgehead atoms. The standard InChI is InChI=1S/C21H27N7O4S/c1-33-21-13-18(22)20(28(31)32)14-19(21)24-8-10-26-12-11-25(15-26)9-2-7-23-16-3-5-17(6-4-16)27(29)30/h3-6,11-14,23-24H,2,7-10,15,22H2,1H3. The molecule has 0 atom stereocenters. The number of nitrogen functional groups attached to an aromatic ring is 1. The first-order valence-electron chi connectivity index (χ1n) is 10.4. The highest BCUT2D eigenvalue weighted by Gasteiger charge is 2.16. The van der Waals surface area contributed by atoms with Gasteiger partial charge in [0.2, 0.25) is 0 Å². The molecule has 0 fully saturated rings. The summed E-state index contributed by atoms with van der Waals surface area (Å²) in [7, 11) is 0. The summed E-state index contributed by atoms with van der Waals surface area (Å²) in [6.07, 6.45) is 6.91. The Labute approximate surface area is 195 Å². The first-order chi connectivity index (χ1) is 15.9. The highest BCUT2D eigenvalue weighted by molar-refractivity contribution is 7.98. The summed E-state index contributed by atoms with van der Waals surface area (Å²) in [5.41, 5.74) is 7.49. The number of nitrogens with two attached hydrogens (primary N) is 1. The van der Waals surface area contributed by atoms with E-state index in [0.717, 1.165) is 43.3 Å². The van der Waals surface area contributed by atoms with Crippen LogP contribution in [0.3, 0.4) is 0 Å². The van der Waals surface area contributed by atoms with E-state index in [2.05, 4.69) is 20.4 Å². The van der Waals surface area contributed by atoms with Crippen molar-refractivity contribution in [3.63, 3.8) is 0 Å². The zero-order chi connectivity index (χ0) is 23.8. The van der Waals surface area contributed by atoms with Gasteiger partial charge in [0, 0.05) is 67.4 Å². The predicted octanol–water partition coefficient (Wildman–Crippen LogP) is 3.77. The van der Waals surface area contributed by atoms with Crippen molar-refractivity contribution < 1.29 is 9.85 Å². The van der Waals surface area contributed by atoms with Crippen LogP contribution >= 0.6 is 11.8 Å². The molecule has 4 N–H and O–H groups in total. The van der Waals surface area contributed by atoms with Crippen molar-refractivity contribution in [1.82, 2.24) is 9.80 Å². The lowest BCUT2D eigenvalue weighted by molar-refractivity contribution is -0.384. The van der Waals surface area contributed by atoms with E-state index in [-0.39, 0.29) is 17.1 Å². The molecular formula is C21H27N7O4S. The maximum atomic E-state index is 11.2. The maximum absolute atomic E-state index is 11.2. The Balaban J connectivity index is 1.37. The summed E-state index contributed by atoms with van der Waals surface area (Å²) in [6, 6.07) is 9.52. The number of nitro benzene ring substituents is 2. The number of anilines is 3. The average Bonchev–Trinajstić information content (AvgIpc) is 3.25. The fourth-order valence-corrected chi connectivity index (χ4v) is 4.00. The number of rotatable bonds is 12. The first kappa shape index (κ1) is 24.0. The molecule has 0 amide bonds. The molecule has 2 aromatic carbocycles. The van der Waals surface area contributed by atoms with Crippen LogP contribution < -0.4 is 16.4 Å². The topological polar surface area (TPSA) is 143 Å². The second-order valence-electron chi connectivity index (χ2n) is 7.44. The zero-order valence-electron chi connectivity index (χ0n) is 18.3. The van der Waals surface area contributed by atoms with Gasteiger partial charge in [0.25, 0.3) is 11.4 Å². The lowest BCUT2D eigenvalue weighted by atomic mass is 10.2. The number of benzene rings is 2. The molecule has 176 valence electrons. The van der Waals surface area contributed by atoms with E-state index in [0.29, 0.717) is 12.2 Å². The molecule has 1 heterocycles. The van der Waals surface area contributed by atoms with Gasteiger partial charge < -0.3 is 26.2 Å². The summed E-state index contributed by atoms with van der Waals surface area (Å²) in [4.78, 5) is 26.2. The molecular weight excluding hydrogens is 446 g/mol. The van der Waals surface area contributed by atoms with E-state index < -0.39 is 9.85 Å². The van der Waals surface area contributed by atoms with Crippen LogP contribution in [0.2, 0.25) is 0 Å². The van der Waals surface area contributed by atoms with Crippen LogP contribution in [0, 0.1) is 20.2 Å². The van der Waals surface area contributed by atoms with Gasteiger partial charge >= 0.3 is 0 Å². The fraction of sp³-hybridized carbons (Fsp3) is 0.333. The Hall–Kier alpha value is -3.67. The molecule has 2 aromatic rings. The Morgan fingerprint density at radius 3 is 2.33 bits per heavy atom. The van der Waals surface area contributed by atoms with E-state index in [9.17, 15) is 20.2 Å². The number of nitrogens with zero attached hydrogens (tertiary/aromatic N) is 4. The van der Waals surface area contributed by atoms with Gasteiger partial charge in [0.15, 0.2) is 0 Å².